The fourth-order valence-electron chi connectivity index (χ4n) is 2.73. The molecule has 6 heteroatoms. The Labute approximate surface area is 145 Å². The van der Waals surface area contributed by atoms with Gasteiger partial charge < -0.3 is 14.5 Å². The molecule has 1 aliphatic rings. The van der Waals surface area contributed by atoms with Gasteiger partial charge in [0.1, 0.15) is 5.75 Å². The Balaban J connectivity index is 1.64. The van der Waals surface area contributed by atoms with Crippen molar-refractivity contribution in [2.75, 3.05) is 24.6 Å². The molecular weight excluding hydrogens is 324 g/mol. The molecule has 0 saturated carbocycles. The molecular formula is C18H20N2O3S. The van der Waals surface area contributed by atoms with E-state index in [0.717, 1.165) is 10.6 Å². The van der Waals surface area contributed by atoms with E-state index in [1.54, 1.807) is 16.2 Å². The maximum absolute atomic E-state index is 12.5. The van der Waals surface area contributed by atoms with Gasteiger partial charge >= 0.3 is 0 Å². The molecule has 5 nitrogen and oxygen atoms in total. The van der Waals surface area contributed by atoms with E-state index in [1.165, 1.54) is 0 Å². The maximum atomic E-state index is 12.5. The van der Waals surface area contributed by atoms with Crippen LogP contribution in [-0.4, -0.2) is 36.4 Å². The average molecular weight is 344 g/mol. The minimum Gasteiger partial charge on any atom is -0.482 e. The molecule has 1 aromatic carbocycles. The van der Waals surface area contributed by atoms with Gasteiger partial charge in [-0.2, -0.15) is 0 Å². The summed E-state index contributed by atoms with van der Waals surface area (Å²) in [5.41, 5.74) is 0.739. The van der Waals surface area contributed by atoms with Crippen LogP contribution in [0.2, 0.25) is 0 Å². The number of ether oxygens (including phenoxy) is 1. The molecule has 1 aliphatic heterocycles. The molecule has 24 heavy (non-hydrogen) atoms. The Hall–Kier alpha value is -2.34. The normalized spacial score (nSPS) is 13.4. The fraction of sp³-hybridized carbons (Fsp3) is 0.333. The van der Waals surface area contributed by atoms with E-state index in [9.17, 15) is 9.59 Å². The summed E-state index contributed by atoms with van der Waals surface area (Å²) in [5, 5.41) is 2.01. The molecule has 2 amide bonds. The van der Waals surface area contributed by atoms with E-state index in [0.29, 0.717) is 31.8 Å². The molecule has 2 aromatic rings. The minimum absolute atomic E-state index is 0.0257. The van der Waals surface area contributed by atoms with Gasteiger partial charge in [0.05, 0.1) is 12.2 Å². The van der Waals surface area contributed by atoms with Gasteiger partial charge in [0.2, 0.25) is 5.91 Å². The highest BCUT2D eigenvalue weighted by Gasteiger charge is 2.26. The zero-order valence-corrected chi connectivity index (χ0v) is 14.4. The van der Waals surface area contributed by atoms with Crippen LogP contribution in [-0.2, 0) is 16.1 Å². The van der Waals surface area contributed by atoms with E-state index >= 15 is 0 Å². The molecule has 0 bridgehead atoms. The van der Waals surface area contributed by atoms with Crippen LogP contribution in [0.1, 0.15) is 18.2 Å². The molecule has 1 aromatic heterocycles. The fourth-order valence-corrected chi connectivity index (χ4v) is 3.45. The van der Waals surface area contributed by atoms with E-state index in [2.05, 4.69) is 0 Å². The molecule has 0 saturated heterocycles. The van der Waals surface area contributed by atoms with Crippen molar-refractivity contribution in [1.29, 1.82) is 0 Å². The number of hydrogen-bond donors (Lipinski definition) is 0. The third kappa shape index (κ3) is 3.59. The van der Waals surface area contributed by atoms with Crippen LogP contribution >= 0.6 is 11.3 Å². The number of amides is 2. The lowest BCUT2D eigenvalue weighted by atomic mass is 10.2. The molecule has 0 spiro atoms. The lowest BCUT2D eigenvalue weighted by Gasteiger charge is -2.30. The molecule has 0 aliphatic carbocycles. The maximum Gasteiger partial charge on any atom is 0.265 e. The van der Waals surface area contributed by atoms with Gasteiger partial charge in [-0.15, -0.1) is 11.3 Å². The number of carbonyl (C=O) groups excluding carboxylic acids is 2. The highest BCUT2D eigenvalue weighted by atomic mass is 32.1. The zero-order valence-electron chi connectivity index (χ0n) is 13.6. The Kier molecular flexibility index (Phi) is 5.15. The number of carbonyl (C=O) groups is 2. The van der Waals surface area contributed by atoms with Crippen molar-refractivity contribution < 1.29 is 14.3 Å². The van der Waals surface area contributed by atoms with Crippen LogP contribution in [0.4, 0.5) is 5.69 Å². The number of nitrogens with zero attached hydrogens (tertiary/aromatic N) is 2. The average Bonchev–Trinajstić information content (AvgIpc) is 3.11. The largest absolute Gasteiger partial charge is 0.482 e. The second-order valence-electron chi connectivity index (χ2n) is 5.54. The first-order chi connectivity index (χ1) is 11.7. The first kappa shape index (κ1) is 16.5. The highest BCUT2D eigenvalue weighted by Crippen LogP contribution is 2.31. The Morgan fingerprint density at radius 3 is 2.88 bits per heavy atom. The lowest BCUT2D eigenvalue weighted by Crippen LogP contribution is -2.41. The summed E-state index contributed by atoms with van der Waals surface area (Å²) < 4.78 is 5.43. The number of anilines is 1. The molecule has 0 radical (unpaired) electrons. The lowest BCUT2D eigenvalue weighted by molar-refractivity contribution is -0.131. The van der Waals surface area contributed by atoms with Gasteiger partial charge in [0, 0.05) is 24.4 Å². The standard InChI is InChI=1S/C18H20N2O3S/c1-2-19(12-14-6-5-11-24-14)17(21)9-10-20-15-7-3-4-8-16(15)23-13-18(20)22/h3-8,11H,2,9-10,12-13H2,1H3. The molecule has 126 valence electrons. The van der Waals surface area contributed by atoms with E-state index in [-0.39, 0.29) is 18.4 Å². The van der Waals surface area contributed by atoms with Gasteiger partial charge in [-0.25, -0.2) is 0 Å². The molecule has 0 fully saturated rings. The van der Waals surface area contributed by atoms with Crippen LogP contribution in [0, 0.1) is 0 Å². The van der Waals surface area contributed by atoms with Crippen molar-refractivity contribution in [3.8, 4) is 5.75 Å². The number of hydrogen-bond acceptors (Lipinski definition) is 4. The van der Waals surface area contributed by atoms with Gasteiger partial charge in [0.25, 0.3) is 5.91 Å². The predicted octanol–water partition coefficient (Wildman–Crippen LogP) is 2.91. The van der Waals surface area contributed by atoms with Crippen LogP contribution in [0.5, 0.6) is 5.75 Å². The summed E-state index contributed by atoms with van der Waals surface area (Å²) in [6, 6.07) is 11.4. The first-order valence-electron chi connectivity index (χ1n) is 8.01. The number of para-hydroxylation sites is 2. The van der Waals surface area contributed by atoms with Crippen molar-refractivity contribution in [3.05, 3.63) is 46.7 Å². The molecule has 2 heterocycles. The minimum atomic E-state index is -0.109. The third-order valence-corrected chi connectivity index (χ3v) is 4.88. The summed E-state index contributed by atoms with van der Waals surface area (Å²) >= 11 is 1.65. The second kappa shape index (κ2) is 7.49. The van der Waals surface area contributed by atoms with Crippen molar-refractivity contribution >= 4 is 28.8 Å². The van der Waals surface area contributed by atoms with E-state index in [4.69, 9.17) is 4.74 Å². The van der Waals surface area contributed by atoms with Crippen molar-refractivity contribution in [2.45, 2.75) is 19.9 Å². The number of benzene rings is 1. The summed E-state index contributed by atoms with van der Waals surface area (Å²) in [6.07, 6.45) is 0.305. The summed E-state index contributed by atoms with van der Waals surface area (Å²) in [5.74, 6) is 0.640. The Morgan fingerprint density at radius 2 is 2.12 bits per heavy atom. The van der Waals surface area contributed by atoms with Crippen molar-refractivity contribution in [2.24, 2.45) is 0 Å². The monoisotopic (exact) mass is 344 g/mol. The van der Waals surface area contributed by atoms with Gasteiger partial charge in [0.15, 0.2) is 6.61 Å². The number of thiophene rings is 1. The van der Waals surface area contributed by atoms with Gasteiger partial charge in [-0.3, -0.25) is 9.59 Å². The predicted molar refractivity (Wildman–Crippen MR) is 94.3 cm³/mol. The quantitative estimate of drug-likeness (QED) is 0.810. The second-order valence-corrected chi connectivity index (χ2v) is 6.57. The van der Waals surface area contributed by atoms with Crippen LogP contribution in [0.3, 0.4) is 0 Å². The molecule has 3 rings (SSSR count). The molecule has 0 N–H and O–H groups in total. The van der Waals surface area contributed by atoms with Gasteiger partial charge in [-0.1, -0.05) is 18.2 Å². The van der Waals surface area contributed by atoms with Crippen LogP contribution < -0.4 is 9.64 Å². The summed E-state index contributed by atoms with van der Waals surface area (Å²) in [6.45, 7) is 3.66. The Morgan fingerprint density at radius 1 is 1.29 bits per heavy atom. The van der Waals surface area contributed by atoms with Crippen LogP contribution in [0.25, 0.3) is 0 Å². The number of fused-ring (bicyclic) bond motifs is 1. The summed E-state index contributed by atoms with van der Waals surface area (Å²) in [7, 11) is 0. The molecule has 0 unspecified atom stereocenters. The van der Waals surface area contributed by atoms with Crippen LogP contribution in [0.15, 0.2) is 41.8 Å². The molecule has 0 atom stereocenters. The third-order valence-electron chi connectivity index (χ3n) is 4.02. The SMILES string of the molecule is CCN(Cc1cccs1)C(=O)CCN1C(=O)COc2ccccc21. The first-order valence-corrected chi connectivity index (χ1v) is 8.89. The smallest absolute Gasteiger partial charge is 0.265 e. The van der Waals surface area contributed by atoms with E-state index in [1.807, 2.05) is 53.6 Å². The zero-order chi connectivity index (χ0) is 16.9. The summed E-state index contributed by atoms with van der Waals surface area (Å²) in [4.78, 5) is 29.3. The Bertz CT molecular complexity index is 715. The van der Waals surface area contributed by atoms with Crippen molar-refractivity contribution in [3.63, 3.8) is 0 Å². The topological polar surface area (TPSA) is 49.9 Å². The highest BCUT2D eigenvalue weighted by molar-refractivity contribution is 7.09. The van der Waals surface area contributed by atoms with E-state index < -0.39 is 0 Å². The van der Waals surface area contributed by atoms with Crippen molar-refractivity contribution in [1.82, 2.24) is 4.90 Å². The van der Waals surface area contributed by atoms with Gasteiger partial charge in [-0.05, 0) is 30.5 Å². The number of rotatable bonds is 6.